The molecule has 0 unspecified atom stereocenters. The van der Waals surface area contributed by atoms with E-state index < -0.39 is 0 Å². The molecule has 2 aromatic rings. The fraction of sp³-hybridized carbons (Fsp3) is 0.467. The number of carbonyl (C=O) groups excluding carboxylic acids is 1. The topological polar surface area (TPSA) is 72.7 Å². The van der Waals surface area contributed by atoms with Gasteiger partial charge in [-0.25, -0.2) is 9.97 Å². The Kier molecular flexibility index (Phi) is 4.85. The lowest BCUT2D eigenvalue weighted by molar-refractivity contribution is 0.102. The molecule has 0 bridgehead atoms. The van der Waals surface area contributed by atoms with E-state index in [1.54, 1.807) is 6.07 Å². The molecule has 0 spiro atoms. The van der Waals surface area contributed by atoms with Gasteiger partial charge >= 0.3 is 0 Å². The molecule has 118 valence electrons. The summed E-state index contributed by atoms with van der Waals surface area (Å²) in [4.78, 5) is 21.0. The van der Waals surface area contributed by atoms with Crippen molar-refractivity contribution in [3.8, 4) is 0 Å². The van der Waals surface area contributed by atoms with Crippen molar-refractivity contribution in [3.63, 3.8) is 0 Å². The number of hydrogen-bond donors (Lipinski definition) is 1. The van der Waals surface area contributed by atoms with E-state index in [-0.39, 0.29) is 11.9 Å². The molecule has 22 heavy (non-hydrogen) atoms. The summed E-state index contributed by atoms with van der Waals surface area (Å²) in [7, 11) is 0. The van der Waals surface area contributed by atoms with Crippen LogP contribution in [0.15, 0.2) is 11.2 Å². The van der Waals surface area contributed by atoms with Crippen molar-refractivity contribution in [2.45, 2.75) is 45.8 Å². The van der Waals surface area contributed by atoms with Crippen LogP contribution < -0.4 is 5.32 Å². The molecule has 0 atom stereocenters. The standard InChI is InChI=1S/C15H21N5OS/c1-8(2)20-11(5)13(10(4)19-20)18-14(21)12-7-9(3)16-15(17-12)22-6/h7-8H,1-6H3,(H,18,21). The Morgan fingerprint density at radius 2 is 1.95 bits per heavy atom. The minimum Gasteiger partial charge on any atom is -0.317 e. The van der Waals surface area contributed by atoms with Crippen LogP contribution in [0.4, 0.5) is 5.69 Å². The number of aromatic nitrogens is 4. The summed E-state index contributed by atoms with van der Waals surface area (Å²) in [5.41, 5.74) is 3.64. The first-order chi connectivity index (χ1) is 10.3. The first kappa shape index (κ1) is 16.5. The van der Waals surface area contributed by atoms with Crippen molar-refractivity contribution in [2.24, 2.45) is 0 Å². The summed E-state index contributed by atoms with van der Waals surface area (Å²) in [5.74, 6) is -0.240. The average Bonchev–Trinajstić information content (AvgIpc) is 2.74. The van der Waals surface area contributed by atoms with Gasteiger partial charge in [0.05, 0.1) is 17.1 Å². The highest BCUT2D eigenvalue weighted by atomic mass is 32.2. The van der Waals surface area contributed by atoms with Gasteiger partial charge in [-0.2, -0.15) is 5.10 Å². The van der Waals surface area contributed by atoms with E-state index in [1.807, 2.05) is 31.7 Å². The van der Waals surface area contributed by atoms with Gasteiger partial charge in [0.15, 0.2) is 5.16 Å². The van der Waals surface area contributed by atoms with E-state index in [0.29, 0.717) is 10.9 Å². The van der Waals surface area contributed by atoms with E-state index in [2.05, 4.69) is 34.2 Å². The normalized spacial score (nSPS) is 11.0. The van der Waals surface area contributed by atoms with Crippen LogP contribution in [-0.4, -0.2) is 31.9 Å². The molecule has 0 aromatic carbocycles. The number of hydrogen-bond acceptors (Lipinski definition) is 5. The van der Waals surface area contributed by atoms with Crippen molar-refractivity contribution in [1.29, 1.82) is 0 Å². The predicted octanol–water partition coefficient (Wildman–Crippen LogP) is 3.15. The number of amides is 1. The van der Waals surface area contributed by atoms with Crippen molar-refractivity contribution in [1.82, 2.24) is 19.7 Å². The monoisotopic (exact) mass is 319 g/mol. The first-order valence-electron chi connectivity index (χ1n) is 7.10. The number of aryl methyl sites for hydroxylation is 2. The van der Waals surface area contributed by atoms with Crippen molar-refractivity contribution < 1.29 is 4.79 Å². The number of carbonyl (C=O) groups is 1. The molecular weight excluding hydrogens is 298 g/mol. The van der Waals surface area contributed by atoms with Gasteiger partial charge in [-0.15, -0.1) is 0 Å². The highest BCUT2D eigenvalue weighted by molar-refractivity contribution is 7.98. The molecule has 0 fully saturated rings. The molecule has 6 nitrogen and oxygen atoms in total. The van der Waals surface area contributed by atoms with Crippen LogP contribution >= 0.6 is 11.8 Å². The van der Waals surface area contributed by atoms with Crippen LogP contribution in [-0.2, 0) is 0 Å². The highest BCUT2D eigenvalue weighted by Crippen LogP contribution is 2.23. The smallest absolute Gasteiger partial charge is 0.274 e. The fourth-order valence-corrected chi connectivity index (χ4v) is 2.70. The van der Waals surface area contributed by atoms with Gasteiger partial charge in [-0.3, -0.25) is 9.48 Å². The van der Waals surface area contributed by atoms with Gasteiger partial charge < -0.3 is 5.32 Å². The quantitative estimate of drug-likeness (QED) is 0.692. The Labute approximate surface area is 134 Å². The number of thioether (sulfide) groups is 1. The minimum absolute atomic E-state index is 0.240. The summed E-state index contributed by atoms with van der Waals surface area (Å²) in [6, 6.07) is 1.93. The molecule has 1 amide bonds. The number of nitrogens with zero attached hydrogens (tertiary/aromatic N) is 4. The van der Waals surface area contributed by atoms with Crippen LogP contribution in [0.2, 0.25) is 0 Å². The second kappa shape index (κ2) is 6.48. The summed E-state index contributed by atoms with van der Waals surface area (Å²) in [5, 5.41) is 7.99. The maximum Gasteiger partial charge on any atom is 0.274 e. The van der Waals surface area contributed by atoms with Gasteiger partial charge in [-0.05, 0) is 46.9 Å². The average molecular weight is 319 g/mol. The molecule has 2 aromatic heterocycles. The Morgan fingerprint density at radius 3 is 2.50 bits per heavy atom. The summed E-state index contributed by atoms with van der Waals surface area (Å²) < 4.78 is 1.91. The predicted molar refractivity (Wildman–Crippen MR) is 88.6 cm³/mol. The van der Waals surface area contributed by atoms with Crippen molar-refractivity contribution >= 4 is 23.4 Å². The van der Waals surface area contributed by atoms with Gasteiger partial charge in [0.2, 0.25) is 0 Å². The third kappa shape index (κ3) is 3.30. The maximum atomic E-state index is 12.5. The Bertz CT molecular complexity index is 708. The van der Waals surface area contributed by atoms with Crippen molar-refractivity contribution in [2.75, 3.05) is 11.6 Å². The van der Waals surface area contributed by atoms with Crippen LogP contribution in [0.5, 0.6) is 0 Å². The summed E-state index contributed by atoms with van der Waals surface area (Å²) in [6.45, 7) is 9.81. The SMILES string of the molecule is CSc1nc(C)cc(C(=O)Nc2c(C)nn(C(C)C)c2C)n1. The zero-order valence-corrected chi connectivity index (χ0v) is 14.6. The molecule has 7 heteroatoms. The molecule has 2 rings (SSSR count). The largest absolute Gasteiger partial charge is 0.317 e. The summed E-state index contributed by atoms with van der Waals surface area (Å²) in [6.07, 6.45) is 1.89. The second-order valence-electron chi connectivity index (χ2n) is 5.42. The lowest BCUT2D eigenvalue weighted by Crippen LogP contribution is -2.16. The molecular formula is C15H21N5OS. The second-order valence-corrected chi connectivity index (χ2v) is 6.19. The molecule has 2 heterocycles. The van der Waals surface area contributed by atoms with Crippen LogP contribution in [0, 0.1) is 20.8 Å². The third-order valence-electron chi connectivity index (χ3n) is 3.30. The molecule has 0 radical (unpaired) electrons. The van der Waals surface area contributed by atoms with E-state index in [1.165, 1.54) is 11.8 Å². The Morgan fingerprint density at radius 1 is 1.27 bits per heavy atom. The van der Waals surface area contributed by atoms with Gasteiger partial charge in [0.1, 0.15) is 5.69 Å². The van der Waals surface area contributed by atoms with Crippen LogP contribution in [0.1, 0.15) is 47.5 Å². The lowest BCUT2D eigenvalue weighted by Gasteiger charge is -2.09. The fourth-order valence-electron chi connectivity index (χ4n) is 2.27. The maximum absolute atomic E-state index is 12.5. The molecule has 0 aliphatic rings. The van der Waals surface area contributed by atoms with Crippen LogP contribution in [0.3, 0.4) is 0 Å². The van der Waals surface area contributed by atoms with E-state index in [4.69, 9.17) is 0 Å². The van der Waals surface area contributed by atoms with Gasteiger partial charge in [0.25, 0.3) is 5.91 Å². The van der Waals surface area contributed by atoms with E-state index in [0.717, 1.165) is 22.8 Å². The lowest BCUT2D eigenvalue weighted by atomic mass is 10.2. The summed E-state index contributed by atoms with van der Waals surface area (Å²) >= 11 is 1.42. The number of nitrogens with one attached hydrogen (secondary N) is 1. The first-order valence-corrected chi connectivity index (χ1v) is 8.32. The number of anilines is 1. The Hall–Kier alpha value is -1.89. The molecule has 1 N–H and O–H groups in total. The number of rotatable bonds is 4. The Balaban J connectivity index is 2.32. The van der Waals surface area contributed by atoms with E-state index >= 15 is 0 Å². The molecule has 0 saturated heterocycles. The molecule has 0 saturated carbocycles. The molecule has 0 aliphatic carbocycles. The molecule has 0 aliphatic heterocycles. The van der Waals surface area contributed by atoms with Gasteiger partial charge in [0, 0.05) is 11.7 Å². The van der Waals surface area contributed by atoms with E-state index in [9.17, 15) is 4.79 Å². The van der Waals surface area contributed by atoms with Gasteiger partial charge in [-0.1, -0.05) is 11.8 Å². The van der Waals surface area contributed by atoms with Crippen molar-refractivity contribution in [3.05, 3.63) is 28.8 Å². The third-order valence-corrected chi connectivity index (χ3v) is 3.85. The zero-order chi connectivity index (χ0) is 16.4. The highest BCUT2D eigenvalue weighted by Gasteiger charge is 2.18. The minimum atomic E-state index is -0.240. The van der Waals surface area contributed by atoms with Crippen LogP contribution in [0.25, 0.3) is 0 Å². The zero-order valence-electron chi connectivity index (χ0n) is 13.8.